The molecule has 2 aromatic carbocycles. The first kappa shape index (κ1) is 21.9. The van der Waals surface area contributed by atoms with Gasteiger partial charge in [-0.1, -0.05) is 0 Å². The van der Waals surface area contributed by atoms with Crippen molar-refractivity contribution in [2.45, 2.75) is 19.9 Å². The molecule has 0 fully saturated rings. The zero-order valence-corrected chi connectivity index (χ0v) is 17.0. The van der Waals surface area contributed by atoms with Gasteiger partial charge in [0.25, 0.3) is 11.8 Å². The summed E-state index contributed by atoms with van der Waals surface area (Å²) in [7, 11) is 3.37. The fourth-order valence-electron chi connectivity index (χ4n) is 2.60. The number of hydrogen-bond acceptors (Lipinski definition) is 4. The predicted octanol–water partition coefficient (Wildman–Crippen LogP) is 1.13. The first-order valence-electron chi connectivity index (χ1n) is 9.23. The molecule has 2 aromatic rings. The largest absolute Gasteiger partial charge is 0.497 e. The van der Waals surface area contributed by atoms with Gasteiger partial charge in [0.2, 0.25) is 5.91 Å². The monoisotopic (exact) mass is 399 g/mol. The topological polar surface area (TPSA) is 101 Å². The van der Waals surface area contributed by atoms with Crippen LogP contribution in [-0.2, 0) is 14.4 Å². The summed E-state index contributed by atoms with van der Waals surface area (Å²) in [4.78, 5) is 36.5. The zero-order valence-electron chi connectivity index (χ0n) is 17.0. The van der Waals surface area contributed by atoms with E-state index in [9.17, 15) is 14.4 Å². The number of nitrogens with one attached hydrogen (secondary N) is 4. The van der Waals surface area contributed by atoms with E-state index < -0.39 is 6.04 Å². The van der Waals surface area contributed by atoms with E-state index in [1.165, 1.54) is 6.92 Å². The van der Waals surface area contributed by atoms with E-state index in [0.29, 0.717) is 22.8 Å². The second-order valence-corrected chi connectivity index (χ2v) is 6.77. The fourth-order valence-corrected chi connectivity index (χ4v) is 2.60. The number of rotatable bonds is 8. The van der Waals surface area contributed by atoms with Gasteiger partial charge in [0, 0.05) is 24.0 Å². The summed E-state index contributed by atoms with van der Waals surface area (Å²) in [5.74, 6) is 0.161. The van der Waals surface area contributed by atoms with Gasteiger partial charge in [-0.2, -0.15) is 0 Å². The summed E-state index contributed by atoms with van der Waals surface area (Å²) in [6.07, 6.45) is 0. The Labute approximate surface area is 170 Å². The van der Waals surface area contributed by atoms with Crippen molar-refractivity contribution in [1.29, 1.82) is 0 Å². The lowest BCUT2D eigenvalue weighted by molar-refractivity contribution is -0.885. The molecule has 0 bridgehead atoms. The van der Waals surface area contributed by atoms with Crippen molar-refractivity contribution in [3.63, 3.8) is 0 Å². The molecule has 8 heteroatoms. The lowest BCUT2D eigenvalue weighted by Crippen LogP contribution is -3.14. The van der Waals surface area contributed by atoms with Gasteiger partial charge in [0.1, 0.15) is 5.75 Å². The maximum atomic E-state index is 12.5. The summed E-state index contributed by atoms with van der Waals surface area (Å²) in [6, 6.07) is 13.4. The molecule has 0 saturated carbocycles. The molecule has 3 amide bonds. The van der Waals surface area contributed by atoms with Gasteiger partial charge in [0.15, 0.2) is 12.6 Å². The van der Waals surface area contributed by atoms with E-state index >= 15 is 0 Å². The molecule has 4 N–H and O–H groups in total. The van der Waals surface area contributed by atoms with Crippen LogP contribution in [0.5, 0.6) is 5.75 Å². The molecule has 154 valence electrons. The van der Waals surface area contributed by atoms with Crippen molar-refractivity contribution in [2.75, 3.05) is 36.7 Å². The highest BCUT2D eigenvalue weighted by atomic mass is 16.5. The number of carbonyl (C=O) groups excluding carboxylic acids is 3. The molecule has 0 radical (unpaired) electrons. The molecule has 1 unspecified atom stereocenters. The lowest BCUT2D eigenvalue weighted by atomic mass is 10.2. The molecule has 0 aliphatic carbocycles. The highest BCUT2D eigenvalue weighted by molar-refractivity contribution is 5.95. The molecular weight excluding hydrogens is 372 g/mol. The SMILES string of the molecule is COc1ccc(NC(=O)C[NH+](C)[C@@H](C)C(=O)Nc2ccc(NC(C)=O)cc2)cc1. The van der Waals surface area contributed by atoms with E-state index in [1.807, 2.05) is 0 Å². The molecule has 2 atom stereocenters. The molecule has 2 rings (SSSR count). The van der Waals surface area contributed by atoms with Crippen LogP contribution in [0, 0.1) is 0 Å². The third-order valence-electron chi connectivity index (χ3n) is 4.42. The average Bonchev–Trinajstić information content (AvgIpc) is 2.68. The van der Waals surface area contributed by atoms with Crippen molar-refractivity contribution in [3.05, 3.63) is 48.5 Å². The Morgan fingerprint density at radius 1 is 0.897 bits per heavy atom. The predicted molar refractivity (Wildman–Crippen MR) is 112 cm³/mol. The van der Waals surface area contributed by atoms with Crippen LogP contribution in [0.4, 0.5) is 17.1 Å². The summed E-state index contributed by atoms with van der Waals surface area (Å²) in [5.41, 5.74) is 1.94. The van der Waals surface area contributed by atoms with Crippen LogP contribution in [0.1, 0.15) is 13.8 Å². The zero-order chi connectivity index (χ0) is 21.4. The minimum Gasteiger partial charge on any atom is -0.497 e. The van der Waals surface area contributed by atoms with Gasteiger partial charge in [0.05, 0.1) is 14.2 Å². The van der Waals surface area contributed by atoms with Gasteiger partial charge in [-0.25, -0.2) is 0 Å². The molecular formula is C21H27N4O4+. The van der Waals surface area contributed by atoms with E-state index in [0.717, 1.165) is 4.90 Å². The van der Waals surface area contributed by atoms with Crippen LogP contribution in [0.25, 0.3) is 0 Å². The number of quaternary nitrogens is 1. The van der Waals surface area contributed by atoms with Gasteiger partial charge in [-0.15, -0.1) is 0 Å². The second-order valence-electron chi connectivity index (χ2n) is 6.77. The molecule has 0 saturated heterocycles. The van der Waals surface area contributed by atoms with E-state index in [-0.39, 0.29) is 24.3 Å². The van der Waals surface area contributed by atoms with E-state index in [1.54, 1.807) is 69.6 Å². The van der Waals surface area contributed by atoms with E-state index in [2.05, 4.69) is 16.0 Å². The first-order valence-corrected chi connectivity index (χ1v) is 9.23. The minimum atomic E-state index is -0.438. The normalized spacial score (nSPS) is 12.4. The third kappa shape index (κ3) is 6.93. The Balaban J connectivity index is 1.85. The fraction of sp³-hybridized carbons (Fsp3) is 0.286. The number of anilines is 3. The van der Waals surface area contributed by atoms with Crippen LogP contribution in [-0.4, -0.2) is 44.5 Å². The summed E-state index contributed by atoms with van der Waals surface area (Å²) in [6.45, 7) is 3.33. The second kappa shape index (κ2) is 10.2. The Bertz CT molecular complexity index is 850. The van der Waals surface area contributed by atoms with Crippen LogP contribution in [0.15, 0.2) is 48.5 Å². The quantitative estimate of drug-likeness (QED) is 0.535. The lowest BCUT2D eigenvalue weighted by Gasteiger charge is -2.20. The molecule has 0 aromatic heterocycles. The van der Waals surface area contributed by atoms with Gasteiger partial charge in [-0.05, 0) is 55.5 Å². The number of amides is 3. The van der Waals surface area contributed by atoms with Gasteiger partial charge >= 0.3 is 0 Å². The Hall–Kier alpha value is -3.39. The number of carbonyl (C=O) groups is 3. The van der Waals surface area contributed by atoms with E-state index in [4.69, 9.17) is 4.74 Å². The molecule has 0 heterocycles. The molecule has 29 heavy (non-hydrogen) atoms. The van der Waals surface area contributed by atoms with Gasteiger partial charge < -0.3 is 25.6 Å². The maximum Gasteiger partial charge on any atom is 0.282 e. The molecule has 8 nitrogen and oxygen atoms in total. The first-order chi connectivity index (χ1) is 13.8. The Morgan fingerprint density at radius 2 is 1.38 bits per heavy atom. The smallest absolute Gasteiger partial charge is 0.282 e. The maximum absolute atomic E-state index is 12.5. The summed E-state index contributed by atoms with van der Waals surface area (Å²) in [5, 5.41) is 8.30. The summed E-state index contributed by atoms with van der Waals surface area (Å²) >= 11 is 0. The number of benzene rings is 2. The number of methoxy groups -OCH3 is 1. The van der Waals surface area contributed by atoms with Crippen LogP contribution >= 0.6 is 0 Å². The van der Waals surface area contributed by atoms with Crippen LogP contribution < -0.4 is 25.6 Å². The van der Waals surface area contributed by atoms with Crippen molar-refractivity contribution in [3.8, 4) is 5.75 Å². The Kier molecular flexibility index (Phi) is 7.73. The average molecular weight is 399 g/mol. The van der Waals surface area contributed by atoms with Crippen LogP contribution in [0.2, 0.25) is 0 Å². The molecule has 0 spiro atoms. The minimum absolute atomic E-state index is 0.141. The number of ether oxygens (including phenoxy) is 1. The number of likely N-dealkylation sites (N-methyl/N-ethyl adjacent to an activating group) is 1. The van der Waals surface area contributed by atoms with Crippen molar-refractivity contribution in [1.82, 2.24) is 0 Å². The third-order valence-corrected chi connectivity index (χ3v) is 4.42. The highest BCUT2D eigenvalue weighted by Crippen LogP contribution is 2.15. The molecule has 0 aliphatic heterocycles. The Morgan fingerprint density at radius 3 is 1.90 bits per heavy atom. The highest BCUT2D eigenvalue weighted by Gasteiger charge is 2.24. The number of hydrogen-bond donors (Lipinski definition) is 4. The molecule has 0 aliphatic rings. The standard InChI is InChI=1S/C21H26N4O4/c1-14(21(28)24-18-7-5-16(6-8-18)22-15(2)26)25(3)13-20(27)23-17-9-11-19(29-4)12-10-17/h5-12,14H,13H2,1-4H3,(H,22,26)(H,23,27)(H,24,28)/p+1/t14-/m0/s1. The van der Waals surface area contributed by atoms with Crippen molar-refractivity contribution >= 4 is 34.8 Å². The van der Waals surface area contributed by atoms with Crippen molar-refractivity contribution in [2.24, 2.45) is 0 Å². The van der Waals surface area contributed by atoms with Crippen molar-refractivity contribution < 1.29 is 24.0 Å². The van der Waals surface area contributed by atoms with Gasteiger partial charge in [-0.3, -0.25) is 14.4 Å². The summed E-state index contributed by atoms with van der Waals surface area (Å²) < 4.78 is 5.09. The van der Waals surface area contributed by atoms with Crippen LogP contribution in [0.3, 0.4) is 0 Å².